The average molecular weight is 281 g/mol. The molecule has 0 aliphatic heterocycles. The summed E-state index contributed by atoms with van der Waals surface area (Å²) in [6.07, 6.45) is 4.92. The number of nitrogens with zero attached hydrogens (tertiary/aromatic N) is 2. The molecule has 0 aliphatic carbocycles. The Bertz CT molecular complexity index is 734. The summed E-state index contributed by atoms with van der Waals surface area (Å²) in [4.78, 5) is 15.8. The van der Waals surface area contributed by atoms with E-state index in [9.17, 15) is 9.18 Å². The van der Waals surface area contributed by atoms with E-state index >= 15 is 0 Å². The normalized spacial score (nSPS) is 10.3. The summed E-state index contributed by atoms with van der Waals surface area (Å²) in [7, 11) is 0. The Morgan fingerprint density at radius 1 is 1.05 bits per heavy atom. The lowest BCUT2D eigenvalue weighted by Gasteiger charge is -2.06. The Kier molecular flexibility index (Phi) is 3.47. The van der Waals surface area contributed by atoms with Crippen molar-refractivity contribution in [2.45, 2.75) is 0 Å². The minimum atomic E-state index is -0.441. The third-order valence-electron chi connectivity index (χ3n) is 3.00. The predicted octanol–water partition coefficient (Wildman–Crippen LogP) is 3.26. The van der Waals surface area contributed by atoms with E-state index in [0.29, 0.717) is 11.4 Å². The smallest absolute Gasteiger partial charge is 0.256 e. The summed E-state index contributed by atoms with van der Waals surface area (Å²) >= 11 is 0. The molecule has 104 valence electrons. The lowest BCUT2D eigenvalue weighted by Crippen LogP contribution is -2.12. The Hall–Kier alpha value is -2.95. The van der Waals surface area contributed by atoms with Crippen LogP contribution in [0.3, 0.4) is 0 Å². The Morgan fingerprint density at radius 2 is 1.76 bits per heavy atom. The molecule has 1 amide bonds. The van der Waals surface area contributed by atoms with E-state index in [1.54, 1.807) is 12.1 Å². The maximum atomic E-state index is 12.7. The molecule has 21 heavy (non-hydrogen) atoms. The van der Waals surface area contributed by atoms with Crippen LogP contribution in [0.25, 0.3) is 5.69 Å². The number of pyridine rings is 1. The first-order valence-electron chi connectivity index (χ1n) is 6.39. The van der Waals surface area contributed by atoms with Crippen LogP contribution in [0, 0.1) is 5.82 Å². The van der Waals surface area contributed by atoms with E-state index in [-0.39, 0.29) is 5.91 Å². The van der Waals surface area contributed by atoms with Gasteiger partial charge in [-0.25, -0.2) is 9.37 Å². The van der Waals surface area contributed by atoms with Crippen molar-refractivity contribution in [3.63, 3.8) is 0 Å². The molecule has 3 aromatic rings. The van der Waals surface area contributed by atoms with Gasteiger partial charge < -0.3 is 9.88 Å². The Balaban J connectivity index is 1.74. The van der Waals surface area contributed by atoms with Crippen LogP contribution in [0.5, 0.6) is 0 Å². The predicted molar refractivity (Wildman–Crippen MR) is 77.9 cm³/mol. The van der Waals surface area contributed by atoms with Crippen molar-refractivity contribution in [2.24, 2.45) is 0 Å². The number of rotatable bonds is 3. The number of hydrogen-bond donors (Lipinski definition) is 1. The lowest BCUT2D eigenvalue weighted by molar-refractivity contribution is 0.102. The fraction of sp³-hybridized carbons (Fsp3) is 0. The van der Waals surface area contributed by atoms with Gasteiger partial charge in [0.05, 0.1) is 6.20 Å². The molecule has 4 nitrogen and oxygen atoms in total. The van der Waals surface area contributed by atoms with Gasteiger partial charge >= 0.3 is 0 Å². The molecule has 1 aromatic carbocycles. The number of halogens is 1. The van der Waals surface area contributed by atoms with Crippen LogP contribution in [0.15, 0.2) is 67.1 Å². The number of benzene rings is 1. The highest BCUT2D eigenvalue weighted by Gasteiger charge is 2.07. The summed E-state index contributed by atoms with van der Waals surface area (Å²) in [6, 6.07) is 13.7. The molecule has 0 radical (unpaired) electrons. The van der Waals surface area contributed by atoms with Crippen molar-refractivity contribution in [3.8, 4) is 5.69 Å². The summed E-state index contributed by atoms with van der Waals surface area (Å²) in [5, 5.41) is 2.62. The molecule has 5 heteroatoms. The topological polar surface area (TPSA) is 46.9 Å². The minimum absolute atomic E-state index is 0.284. The van der Waals surface area contributed by atoms with Crippen LogP contribution in [0.1, 0.15) is 10.4 Å². The number of anilines is 1. The van der Waals surface area contributed by atoms with Crippen molar-refractivity contribution in [3.05, 3.63) is 78.5 Å². The van der Waals surface area contributed by atoms with Crippen molar-refractivity contribution in [2.75, 3.05) is 5.32 Å². The third kappa shape index (κ3) is 2.97. The van der Waals surface area contributed by atoms with Crippen LogP contribution in [-0.4, -0.2) is 15.5 Å². The Labute approximate surface area is 120 Å². The molecule has 1 N–H and O–H groups in total. The average Bonchev–Trinajstić information content (AvgIpc) is 3.04. The molecular formula is C16H12FN3O. The highest BCUT2D eigenvalue weighted by Crippen LogP contribution is 2.12. The number of hydrogen-bond acceptors (Lipinski definition) is 2. The van der Waals surface area contributed by atoms with Gasteiger partial charge in [0.1, 0.15) is 11.6 Å². The molecule has 0 aliphatic rings. The molecule has 2 heterocycles. The van der Waals surface area contributed by atoms with Crippen molar-refractivity contribution in [1.82, 2.24) is 9.55 Å². The monoisotopic (exact) mass is 281 g/mol. The zero-order valence-corrected chi connectivity index (χ0v) is 11.0. The molecule has 0 saturated carbocycles. The van der Waals surface area contributed by atoms with Crippen LogP contribution in [0.2, 0.25) is 0 Å². The second kappa shape index (κ2) is 5.58. The van der Waals surface area contributed by atoms with Crippen molar-refractivity contribution in [1.29, 1.82) is 0 Å². The molecule has 0 fully saturated rings. The SMILES string of the molecule is O=C(Nc1ccc(F)cn1)c1ccc(-n2cccc2)cc1. The van der Waals surface area contributed by atoms with Crippen LogP contribution >= 0.6 is 0 Å². The van der Waals surface area contributed by atoms with Gasteiger partial charge in [0.2, 0.25) is 0 Å². The third-order valence-corrected chi connectivity index (χ3v) is 3.00. The van der Waals surface area contributed by atoms with Gasteiger partial charge in [-0.3, -0.25) is 4.79 Å². The number of aromatic nitrogens is 2. The lowest BCUT2D eigenvalue weighted by atomic mass is 10.2. The highest BCUT2D eigenvalue weighted by molar-refractivity contribution is 6.03. The summed E-state index contributed by atoms with van der Waals surface area (Å²) < 4.78 is 14.7. The van der Waals surface area contributed by atoms with Crippen LogP contribution in [-0.2, 0) is 0 Å². The maximum absolute atomic E-state index is 12.7. The van der Waals surface area contributed by atoms with Gasteiger partial charge in [-0.2, -0.15) is 0 Å². The number of amides is 1. The maximum Gasteiger partial charge on any atom is 0.256 e. The molecule has 3 rings (SSSR count). The first-order chi connectivity index (χ1) is 10.2. The van der Waals surface area contributed by atoms with Gasteiger partial charge in [-0.1, -0.05) is 0 Å². The first kappa shape index (κ1) is 13.1. The summed E-state index contributed by atoms with van der Waals surface area (Å²) in [6.45, 7) is 0. The van der Waals surface area contributed by atoms with E-state index < -0.39 is 5.82 Å². The second-order valence-corrected chi connectivity index (χ2v) is 4.45. The van der Waals surface area contributed by atoms with Gasteiger partial charge in [-0.05, 0) is 48.5 Å². The number of nitrogens with one attached hydrogen (secondary N) is 1. The summed E-state index contributed by atoms with van der Waals surface area (Å²) in [5.74, 6) is -0.409. The van der Waals surface area contributed by atoms with E-state index in [0.717, 1.165) is 11.9 Å². The van der Waals surface area contributed by atoms with E-state index in [4.69, 9.17) is 0 Å². The van der Waals surface area contributed by atoms with Gasteiger partial charge in [-0.15, -0.1) is 0 Å². The van der Waals surface area contributed by atoms with E-state index in [1.165, 1.54) is 12.1 Å². The standard InChI is InChI=1S/C16H12FN3O/c17-13-5-8-15(18-11-13)19-16(21)12-3-6-14(7-4-12)20-9-1-2-10-20/h1-11H,(H,18,19,21). The molecule has 2 aromatic heterocycles. The number of carbonyl (C=O) groups excluding carboxylic acids is 1. The molecule has 0 spiro atoms. The zero-order chi connectivity index (χ0) is 14.7. The highest BCUT2D eigenvalue weighted by atomic mass is 19.1. The molecule has 0 atom stereocenters. The zero-order valence-electron chi connectivity index (χ0n) is 11.0. The van der Waals surface area contributed by atoms with Gasteiger partial charge in [0.15, 0.2) is 0 Å². The van der Waals surface area contributed by atoms with E-state index in [1.807, 2.05) is 41.2 Å². The minimum Gasteiger partial charge on any atom is -0.324 e. The first-order valence-corrected chi connectivity index (χ1v) is 6.39. The van der Waals surface area contributed by atoms with Gasteiger partial charge in [0, 0.05) is 23.6 Å². The number of carbonyl (C=O) groups is 1. The molecule has 0 saturated heterocycles. The van der Waals surface area contributed by atoms with Crippen LogP contribution in [0.4, 0.5) is 10.2 Å². The summed E-state index contributed by atoms with van der Waals surface area (Å²) in [5.41, 5.74) is 1.48. The molecule has 0 unspecified atom stereocenters. The Morgan fingerprint density at radius 3 is 2.38 bits per heavy atom. The van der Waals surface area contributed by atoms with Gasteiger partial charge in [0.25, 0.3) is 5.91 Å². The van der Waals surface area contributed by atoms with Crippen molar-refractivity contribution >= 4 is 11.7 Å². The quantitative estimate of drug-likeness (QED) is 0.801. The largest absolute Gasteiger partial charge is 0.324 e. The van der Waals surface area contributed by atoms with Crippen molar-refractivity contribution < 1.29 is 9.18 Å². The second-order valence-electron chi connectivity index (χ2n) is 4.45. The van der Waals surface area contributed by atoms with E-state index in [2.05, 4.69) is 10.3 Å². The fourth-order valence-electron chi connectivity index (χ4n) is 1.93. The fourth-order valence-corrected chi connectivity index (χ4v) is 1.93. The molecular weight excluding hydrogens is 269 g/mol. The molecule has 0 bridgehead atoms. The van der Waals surface area contributed by atoms with Crippen LogP contribution < -0.4 is 5.32 Å².